The van der Waals surface area contributed by atoms with Gasteiger partial charge in [-0.05, 0) is 30.9 Å². The van der Waals surface area contributed by atoms with Crippen molar-refractivity contribution in [3.8, 4) is 0 Å². The van der Waals surface area contributed by atoms with E-state index in [2.05, 4.69) is 34.2 Å². The number of piperazine rings is 1. The van der Waals surface area contributed by atoms with E-state index in [-0.39, 0.29) is 11.7 Å². The normalized spacial score (nSPS) is 17.9. The lowest BCUT2D eigenvalue weighted by Gasteiger charge is -2.34. The van der Waals surface area contributed by atoms with E-state index < -0.39 is 0 Å². The molecule has 1 amide bonds. The van der Waals surface area contributed by atoms with Crippen LogP contribution in [-0.4, -0.2) is 59.2 Å². The number of nitrogens with one attached hydrogen (secondary N) is 1. The molecule has 0 unspecified atom stereocenters. The summed E-state index contributed by atoms with van der Waals surface area (Å²) in [7, 11) is 0. The molecule has 1 saturated heterocycles. The molecule has 146 valence electrons. The number of aryl methyl sites for hydroxylation is 1. The first-order chi connectivity index (χ1) is 13.6. The van der Waals surface area contributed by atoms with Gasteiger partial charge in [-0.3, -0.25) is 14.5 Å². The fraction of sp³-hybridized carbons (Fsp3) is 0.391. The van der Waals surface area contributed by atoms with Gasteiger partial charge >= 0.3 is 0 Å². The predicted molar refractivity (Wildman–Crippen MR) is 111 cm³/mol. The van der Waals surface area contributed by atoms with Crippen LogP contribution in [0.15, 0.2) is 36.4 Å². The fourth-order valence-corrected chi connectivity index (χ4v) is 4.18. The second kappa shape index (κ2) is 8.15. The number of benzene rings is 1. The number of aromatic nitrogens is 1. The lowest BCUT2D eigenvalue weighted by Crippen LogP contribution is -2.48. The zero-order valence-electron chi connectivity index (χ0n) is 16.4. The van der Waals surface area contributed by atoms with Crippen LogP contribution < -0.4 is 0 Å². The summed E-state index contributed by atoms with van der Waals surface area (Å²) < 4.78 is 0. The van der Waals surface area contributed by atoms with Crippen molar-refractivity contribution in [1.82, 2.24) is 14.8 Å². The van der Waals surface area contributed by atoms with Crippen molar-refractivity contribution in [2.45, 2.75) is 26.2 Å². The maximum absolute atomic E-state index is 13.0. The molecule has 1 fully saturated rings. The smallest absolute Gasteiger partial charge is 0.270 e. The van der Waals surface area contributed by atoms with Crippen molar-refractivity contribution in [3.05, 3.63) is 64.5 Å². The standard InChI is InChI=1S/C23H27N3O2/c1-17-21-19(10-5-11-20(21)27)24-22(17)23(28)26-15-13-25(14-16-26)12-6-9-18-7-3-2-4-8-18/h2-4,6-9,24H,5,10-16H2,1H3/b9-6+. The number of hydrogen-bond acceptors (Lipinski definition) is 3. The number of rotatable bonds is 4. The van der Waals surface area contributed by atoms with Gasteiger partial charge in [-0.2, -0.15) is 0 Å². The SMILES string of the molecule is Cc1c(C(=O)N2CCN(C/C=C/c3ccccc3)CC2)[nH]c2c1C(=O)CCC2. The number of fused-ring (bicyclic) bond motifs is 1. The largest absolute Gasteiger partial charge is 0.354 e. The van der Waals surface area contributed by atoms with Gasteiger partial charge in [0, 0.05) is 50.4 Å². The maximum Gasteiger partial charge on any atom is 0.270 e. The molecule has 0 bridgehead atoms. The molecular formula is C23H27N3O2. The third-order valence-electron chi connectivity index (χ3n) is 5.78. The minimum Gasteiger partial charge on any atom is -0.354 e. The number of hydrogen-bond donors (Lipinski definition) is 1. The van der Waals surface area contributed by atoms with Crippen molar-refractivity contribution in [2.75, 3.05) is 32.7 Å². The Labute approximate surface area is 166 Å². The van der Waals surface area contributed by atoms with Gasteiger partial charge in [0.05, 0.1) is 0 Å². The lowest BCUT2D eigenvalue weighted by molar-refractivity contribution is 0.0644. The molecule has 0 spiro atoms. The molecule has 2 aromatic rings. The minimum atomic E-state index is 0.0270. The number of H-pyrrole nitrogens is 1. The van der Waals surface area contributed by atoms with E-state index in [1.807, 2.05) is 30.0 Å². The summed E-state index contributed by atoms with van der Waals surface area (Å²) in [5.74, 6) is 0.197. The molecular weight excluding hydrogens is 350 g/mol. The average molecular weight is 377 g/mol. The fourth-order valence-electron chi connectivity index (χ4n) is 4.18. The molecule has 0 atom stereocenters. The number of carbonyl (C=O) groups excluding carboxylic acids is 2. The summed E-state index contributed by atoms with van der Waals surface area (Å²) in [5.41, 5.74) is 4.36. The molecule has 1 aliphatic carbocycles. The van der Waals surface area contributed by atoms with Crippen LogP contribution in [0.3, 0.4) is 0 Å². The first-order valence-corrected chi connectivity index (χ1v) is 10.1. The van der Waals surface area contributed by atoms with Gasteiger partial charge in [0.1, 0.15) is 5.69 Å². The van der Waals surface area contributed by atoms with Crippen molar-refractivity contribution in [3.63, 3.8) is 0 Å². The quantitative estimate of drug-likeness (QED) is 0.889. The number of ketones is 1. The summed E-state index contributed by atoms with van der Waals surface area (Å²) in [5, 5.41) is 0. The molecule has 1 aromatic heterocycles. The number of Topliss-reactive ketones (excluding diaryl/α,β-unsaturated/α-hetero) is 1. The van der Waals surface area contributed by atoms with Crippen molar-refractivity contribution < 1.29 is 9.59 Å². The second-order valence-electron chi connectivity index (χ2n) is 7.66. The summed E-state index contributed by atoms with van der Waals surface area (Å²) in [6.45, 7) is 5.95. The monoisotopic (exact) mass is 377 g/mol. The summed E-state index contributed by atoms with van der Waals surface area (Å²) >= 11 is 0. The molecule has 5 heteroatoms. The van der Waals surface area contributed by atoms with Crippen molar-refractivity contribution in [1.29, 1.82) is 0 Å². The van der Waals surface area contributed by atoms with Crippen LogP contribution in [0, 0.1) is 6.92 Å². The summed E-state index contributed by atoms with van der Waals surface area (Å²) in [6, 6.07) is 10.3. The highest BCUT2D eigenvalue weighted by Gasteiger charge is 2.29. The Hall–Kier alpha value is -2.66. The van der Waals surface area contributed by atoms with Gasteiger partial charge in [0.25, 0.3) is 5.91 Å². The highest BCUT2D eigenvalue weighted by molar-refractivity contribution is 6.04. The van der Waals surface area contributed by atoms with Gasteiger partial charge in [0.2, 0.25) is 0 Å². The van der Waals surface area contributed by atoms with E-state index in [1.165, 1.54) is 5.56 Å². The van der Waals surface area contributed by atoms with E-state index in [0.717, 1.165) is 62.4 Å². The van der Waals surface area contributed by atoms with Crippen molar-refractivity contribution in [2.24, 2.45) is 0 Å². The molecule has 1 N–H and O–H groups in total. The molecule has 28 heavy (non-hydrogen) atoms. The zero-order valence-corrected chi connectivity index (χ0v) is 16.4. The third kappa shape index (κ3) is 3.80. The molecule has 1 aromatic carbocycles. The van der Waals surface area contributed by atoms with Crippen LogP contribution in [0.25, 0.3) is 6.08 Å². The lowest BCUT2D eigenvalue weighted by atomic mass is 9.93. The van der Waals surface area contributed by atoms with Gasteiger partial charge in [-0.25, -0.2) is 0 Å². The van der Waals surface area contributed by atoms with Crippen LogP contribution in [-0.2, 0) is 6.42 Å². The number of amides is 1. The molecule has 2 heterocycles. The number of aromatic amines is 1. The van der Waals surface area contributed by atoms with Crippen LogP contribution in [0.1, 0.15) is 50.5 Å². The Balaban J connectivity index is 1.34. The Kier molecular flexibility index (Phi) is 5.44. The van der Waals surface area contributed by atoms with Crippen LogP contribution >= 0.6 is 0 Å². The highest BCUT2D eigenvalue weighted by Crippen LogP contribution is 2.27. The van der Waals surface area contributed by atoms with Gasteiger partial charge < -0.3 is 9.88 Å². The van der Waals surface area contributed by atoms with Gasteiger partial charge in [-0.1, -0.05) is 42.5 Å². The first kappa shape index (κ1) is 18.7. The third-order valence-corrected chi connectivity index (χ3v) is 5.78. The Morgan fingerprint density at radius 2 is 1.86 bits per heavy atom. The molecule has 0 saturated carbocycles. The maximum atomic E-state index is 13.0. The molecule has 2 aliphatic rings. The summed E-state index contributed by atoms with van der Waals surface area (Å²) in [6.07, 6.45) is 6.64. The van der Waals surface area contributed by atoms with Crippen LogP contribution in [0.2, 0.25) is 0 Å². The molecule has 1 aliphatic heterocycles. The Morgan fingerprint density at radius 3 is 2.57 bits per heavy atom. The predicted octanol–water partition coefficient (Wildman–Crippen LogP) is 3.31. The minimum absolute atomic E-state index is 0.0270. The molecule has 4 rings (SSSR count). The van der Waals surface area contributed by atoms with Gasteiger partial charge in [-0.15, -0.1) is 0 Å². The van der Waals surface area contributed by atoms with Crippen molar-refractivity contribution >= 4 is 17.8 Å². The second-order valence-corrected chi connectivity index (χ2v) is 7.66. The Morgan fingerprint density at radius 1 is 1.11 bits per heavy atom. The number of nitrogens with zero attached hydrogens (tertiary/aromatic N) is 2. The van der Waals surface area contributed by atoms with E-state index in [4.69, 9.17) is 0 Å². The average Bonchev–Trinajstić information content (AvgIpc) is 3.06. The molecule has 0 radical (unpaired) electrons. The van der Waals surface area contributed by atoms with E-state index in [1.54, 1.807) is 0 Å². The van der Waals surface area contributed by atoms with Crippen LogP contribution in [0.4, 0.5) is 0 Å². The first-order valence-electron chi connectivity index (χ1n) is 10.1. The molecule has 5 nitrogen and oxygen atoms in total. The Bertz CT molecular complexity index is 890. The van der Waals surface area contributed by atoms with Gasteiger partial charge in [0.15, 0.2) is 5.78 Å². The van der Waals surface area contributed by atoms with E-state index in [9.17, 15) is 9.59 Å². The number of carbonyl (C=O) groups is 2. The highest BCUT2D eigenvalue weighted by atomic mass is 16.2. The summed E-state index contributed by atoms with van der Waals surface area (Å²) in [4.78, 5) is 32.7. The zero-order chi connectivity index (χ0) is 19.5. The van der Waals surface area contributed by atoms with Crippen LogP contribution in [0.5, 0.6) is 0 Å². The topological polar surface area (TPSA) is 56.4 Å². The van der Waals surface area contributed by atoms with E-state index in [0.29, 0.717) is 12.1 Å². The van der Waals surface area contributed by atoms with E-state index >= 15 is 0 Å².